The highest BCUT2D eigenvalue weighted by Crippen LogP contribution is 2.48. The minimum absolute atomic E-state index is 0.273. The van der Waals surface area contributed by atoms with Crippen molar-refractivity contribution in [1.82, 2.24) is 0 Å². The summed E-state index contributed by atoms with van der Waals surface area (Å²) in [6.07, 6.45) is -0.909. The lowest BCUT2D eigenvalue weighted by molar-refractivity contribution is -0.126. The van der Waals surface area contributed by atoms with E-state index >= 15 is 0 Å². The SMILES string of the molecule is COc1ccc([C@@H]2[C@H]3C(=O)N(c4ccc(C)cc4)C(=O)[C@H]3ON2c2ccc(OC)cc2)cc1. The second kappa shape index (κ2) is 8.26. The minimum Gasteiger partial charge on any atom is -0.497 e. The van der Waals surface area contributed by atoms with Gasteiger partial charge in [-0.1, -0.05) is 29.8 Å². The van der Waals surface area contributed by atoms with Crippen molar-refractivity contribution in [2.24, 2.45) is 5.92 Å². The summed E-state index contributed by atoms with van der Waals surface area (Å²) in [5, 5.41) is 1.67. The Balaban J connectivity index is 1.56. The van der Waals surface area contributed by atoms with E-state index in [2.05, 4.69) is 0 Å². The first-order valence-corrected chi connectivity index (χ1v) is 10.7. The van der Waals surface area contributed by atoms with Crippen LogP contribution >= 0.6 is 0 Å². The van der Waals surface area contributed by atoms with Crippen LogP contribution in [0.3, 0.4) is 0 Å². The second-order valence-corrected chi connectivity index (χ2v) is 8.14. The molecule has 2 heterocycles. The zero-order valence-corrected chi connectivity index (χ0v) is 18.6. The van der Waals surface area contributed by atoms with Crippen LogP contribution in [0.1, 0.15) is 17.2 Å². The van der Waals surface area contributed by atoms with Gasteiger partial charge in [-0.15, -0.1) is 0 Å². The molecule has 3 aromatic carbocycles. The molecular formula is C26H24N2O5. The topological polar surface area (TPSA) is 68.3 Å². The van der Waals surface area contributed by atoms with Gasteiger partial charge in [0.25, 0.3) is 5.91 Å². The molecular weight excluding hydrogens is 420 g/mol. The lowest BCUT2D eigenvalue weighted by atomic mass is 9.90. The zero-order valence-electron chi connectivity index (χ0n) is 18.6. The number of amides is 2. The third-order valence-electron chi connectivity index (χ3n) is 6.19. The summed E-state index contributed by atoms with van der Waals surface area (Å²) < 4.78 is 10.6. The first-order chi connectivity index (χ1) is 16.0. The molecule has 7 nitrogen and oxygen atoms in total. The van der Waals surface area contributed by atoms with Crippen LogP contribution in [0.5, 0.6) is 11.5 Å². The number of methoxy groups -OCH3 is 2. The second-order valence-electron chi connectivity index (χ2n) is 8.14. The predicted octanol–water partition coefficient (Wildman–Crippen LogP) is 4.06. The maximum absolute atomic E-state index is 13.6. The number of carbonyl (C=O) groups is 2. The molecule has 0 radical (unpaired) electrons. The maximum Gasteiger partial charge on any atom is 0.266 e. The highest BCUT2D eigenvalue weighted by Gasteiger charge is 2.60. The molecule has 0 bridgehead atoms. The normalized spacial score (nSPS) is 22.0. The van der Waals surface area contributed by atoms with Crippen LogP contribution in [0.15, 0.2) is 72.8 Å². The monoisotopic (exact) mass is 444 g/mol. The Hall–Kier alpha value is -3.84. The highest BCUT2D eigenvalue weighted by molar-refractivity contribution is 6.23. The Kier molecular flexibility index (Phi) is 5.26. The highest BCUT2D eigenvalue weighted by atomic mass is 16.7. The van der Waals surface area contributed by atoms with E-state index in [1.807, 2.05) is 67.6 Å². The van der Waals surface area contributed by atoms with Gasteiger partial charge >= 0.3 is 0 Å². The van der Waals surface area contributed by atoms with E-state index in [0.717, 1.165) is 16.8 Å². The van der Waals surface area contributed by atoms with Gasteiger partial charge in [0.05, 0.1) is 31.6 Å². The molecule has 0 N–H and O–H groups in total. The van der Waals surface area contributed by atoms with Gasteiger partial charge in [-0.25, -0.2) is 9.96 Å². The first kappa shape index (κ1) is 21.0. The molecule has 2 saturated heterocycles. The molecule has 0 aromatic heterocycles. The van der Waals surface area contributed by atoms with E-state index in [1.165, 1.54) is 4.90 Å². The quantitative estimate of drug-likeness (QED) is 0.553. The maximum atomic E-state index is 13.6. The van der Waals surface area contributed by atoms with Crippen LogP contribution in [0, 0.1) is 12.8 Å². The number of hydrogen-bond acceptors (Lipinski definition) is 6. The van der Waals surface area contributed by atoms with E-state index in [1.54, 1.807) is 31.4 Å². The van der Waals surface area contributed by atoms with Gasteiger partial charge in [0.2, 0.25) is 5.91 Å². The van der Waals surface area contributed by atoms with Gasteiger partial charge in [0.1, 0.15) is 17.4 Å². The van der Waals surface area contributed by atoms with Gasteiger partial charge in [-0.05, 0) is 61.0 Å². The molecule has 168 valence electrons. The van der Waals surface area contributed by atoms with Gasteiger partial charge in [0, 0.05) is 0 Å². The number of anilines is 2. The van der Waals surface area contributed by atoms with E-state index in [-0.39, 0.29) is 11.8 Å². The number of nitrogens with zero attached hydrogens (tertiary/aromatic N) is 2. The summed E-state index contributed by atoms with van der Waals surface area (Å²) in [4.78, 5) is 34.4. The third-order valence-corrected chi connectivity index (χ3v) is 6.19. The summed E-state index contributed by atoms with van der Waals surface area (Å²) in [5.74, 6) is 0.0977. The smallest absolute Gasteiger partial charge is 0.266 e. The molecule has 3 aromatic rings. The van der Waals surface area contributed by atoms with Crippen molar-refractivity contribution in [3.8, 4) is 11.5 Å². The summed E-state index contributed by atoms with van der Waals surface area (Å²) >= 11 is 0. The van der Waals surface area contributed by atoms with Crippen molar-refractivity contribution < 1.29 is 23.9 Å². The van der Waals surface area contributed by atoms with Crippen molar-refractivity contribution in [1.29, 1.82) is 0 Å². The number of hydroxylamine groups is 1. The van der Waals surface area contributed by atoms with Crippen molar-refractivity contribution in [3.05, 3.63) is 83.9 Å². The van der Waals surface area contributed by atoms with Gasteiger partial charge in [-0.2, -0.15) is 0 Å². The van der Waals surface area contributed by atoms with Crippen molar-refractivity contribution in [2.75, 3.05) is 24.2 Å². The molecule has 0 saturated carbocycles. The van der Waals surface area contributed by atoms with Gasteiger partial charge < -0.3 is 9.47 Å². The van der Waals surface area contributed by atoms with Crippen molar-refractivity contribution in [2.45, 2.75) is 19.1 Å². The Bertz CT molecular complexity index is 1170. The minimum atomic E-state index is -0.909. The number of ether oxygens (including phenoxy) is 2. The van der Waals surface area contributed by atoms with Crippen LogP contribution in [0.25, 0.3) is 0 Å². The molecule has 5 rings (SSSR count). The van der Waals surface area contributed by atoms with E-state index in [0.29, 0.717) is 17.2 Å². The number of hydrogen-bond donors (Lipinski definition) is 0. The van der Waals surface area contributed by atoms with Crippen LogP contribution < -0.4 is 19.4 Å². The Morgan fingerprint density at radius 1 is 0.727 bits per heavy atom. The number of aryl methyl sites for hydroxylation is 1. The first-order valence-electron chi connectivity index (χ1n) is 10.7. The summed E-state index contributed by atoms with van der Waals surface area (Å²) in [5.41, 5.74) is 3.19. The number of benzene rings is 3. The number of carbonyl (C=O) groups excluding carboxylic acids is 2. The van der Waals surface area contributed by atoms with Crippen LogP contribution in [-0.4, -0.2) is 32.1 Å². The number of fused-ring (bicyclic) bond motifs is 1. The van der Waals surface area contributed by atoms with Gasteiger partial charge in [-0.3, -0.25) is 14.4 Å². The fourth-order valence-electron chi connectivity index (χ4n) is 4.46. The molecule has 3 atom stereocenters. The van der Waals surface area contributed by atoms with Crippen molar-refractivity contribution >= 4 is 23.2 Å². The molecule has 2 amide bonds. The van der Waals surface area contributed by atoms with Crippen LogP contribution in [-0.2, 0) is 14.4 Å². The largest absolute Gasteiger partial charge is 0.497 e. The predicted molar refractivity (Wildman–Crippen MR) is 123 cm³/mol. The van der Waals surface area contributed by atoms with E-state index in [9.17, 15) is 9.59 Å². The molecule has 2 aliphatic rings. The average Bonchev–Trinajstić information content (AvgIpc) is 3.36. The van der Waals surface area contributed by atoms with Gasteiger partial charge in [0.15, 0.2) is 6.10 Å². The molecule has 7 heteroatoms. The summed E-state index contributed by atoms with van der Waals surface area (Å²) in [6, 6.07) is 21.7. The number of imide groups is 1. The molecule has 2 fully saturated rings. The molecule has 0 aliphatic carbocycles. The summed E-state index contributed by atoms with van der Waals surface area (Å²) in [7, 11) is 3.20. The molecule has 2 aliphatic heterocycles. The average molecular weight is 444 g/mol. The van der Waals surface area contributed by atoms with Crippen LogP contribution in [0.2, 0.25) is 0 Å². The summed E-state index contributed by atoms with van der Waals surface area (Å²) in [6.45, 7) is 1.96. The third kappa shape index (κ3) is 3.50. The fraction of sp³-hybridized carbons (Fsp3) is 0.231. The fourth-order valence-corrected chi connectivity index (χ4v) is 4.46. The zero-order chi connectivity index (χ0) is 23.1. The molecule has 0 spiro atoms. The number of rotatable bonds is 5. The molecule has 0 unspecified atom stereocenters. The standard InChI is InChI=1S/C26H24N2O5/c1-16-4-8-18(9-5-16)27-25(29)22-23(17-6-12-20(31-2)13-7-17)28(33-24(22)26(27)30)19-10-14-21(32-3)15-11-19/h4-15,22-24H,1-3H3/t22-,23-,24+/m1/s1. The Labute approximate surface area is 192 Å². The van der Waals surface area contributed by atoms with E-state index < -0.39 is 18.1 Å². The lowest BCUT2D eigenvalue weighted by Gasteiger charge is -2.29. The van der Waals surface area contributed by atoms with Crippen LogP contribution in [0.4, 0.5) is 11.4 Å². The Morgan fingerprint density at radius 3 is 1.85 bits per heavy atom. The lowest BCUT2D eigenvalue weighted by Crippen LogP contribution is -2.37. The van der Waals surface area contributed by atoms with Crippen molar-refractivity contribution in [3.63, 3.8) is 0 Å². The Morgan fingerprint density at radius 2 is 1.27 bits per heavy atom. The molecule has 33 heavy (non-hydrogen) atoms. The van der Waals surface area contributed by atoms with E-state index in [4.69, 9.17) is 14.3 Å².